The van der Waals surface area contributed by atoms with Gasteiger partial charge in [-0.2, -0.15) is 30.6 Å². The number of Topliss-reactive ketones (excluding diaryl/α,β-unsaturated/α-hetero) is 1. The number of carbonyl (C=O) groups is 1. The first kappa shape index (κ1) is 26.3. The quantitative estimate of drug-likeness (QED) is 0.431. The number of carbonyl (C=O) groups excluding carboxylic acids is 1. The van der Waals surface area contributed by atoms with Gasteiger partial charge in [-0.3, -0.25) is 4.79 Å². The van der Waals surface area contributed by atoms with Gasteiger partial charge in [-0.1, -0.05) is 48.0 Å². The van der Waals surface area contributed by atoms with Crippen LogP contribution in [0.1, 0.15) is 29.2 Å². The Kier molecular flexibility index (Phi) is 7.25. The van der Waals surface area contributed by atoms with Crippen LogP contribution in [0, 0.1) is 5.82 Å². The van der Waals surface area contributed by atoms with Crippen molar-refractivity contribution in [3.63, 3.8) is 0 Å². The molecule has 2 atom stereocenters. The molecule has 0 radical (unpaired) electrons. The third-order valence-electron chi connectivity index (χ3n) is 6.11. The van der Waals surface area contributed by atoms with E-state index in [1.807, 2.05) is 0 Å². The van der Waals surface area contributed by atoms with Crippen molar-refractivity contribution in [2.24, 2.45) is 0 Å². The Bertz CT molecular complexity index is 1410. The molecule has 190 valence electrons. The lowest BCUT2D eigenvalue weighted by atomic mass is 9.92. The van der Waals surface area contributed by atoms with Gasteiger partial charge in [-0.15, -0.1) is 0 Å². The number of ketones is 1. The number of halogens is 5. The molecular weight excluding hydrogens is 520 g/mol. The summed E-state index contributed by atoms with van der Waals surface area (Å²) in [5.74, 6) is -1.03. The van der Waals surface area contributed by atoms with E-state index in [2.05, 4.69) is 4.72 Å². The smallest absolute Gasteiger partial charge is 0.298 e. The van der Waals surface area contributed by atoms with Gasteiger partial charge in [0, 0.05) is 19.5 Å². The zero-order chi connectivity index (χ0) is 26.3. The summed E-state index contributed by atoms with van der Waals surface area (Å²) in [6.07, 6.45) is -4.56. The highest BCUT2D eigenvalue weighted by atomic mass is 35.5. The highest BCUT2D eigenvalue weighted by molar-refractivity contribution is 7.87. The molecule has 0 saturated carbocycles. The molecule has 0 spiro atoms. The van der Waals surface area contributed by atoms with Crippen molar-refractivity contribution in [2.45, 2.75) is 31.1 Å². The first-order chi connectivity index (χ1) is 16.8. The fourth-order valence-corrected chi connectivity index (χ4v) is 5.67. The highest BCUT2D eigenvalue weighted by Crippen LogP contribution is 2.34. The van der Waals surface area contributed by atoms with Gasteiger partial charge in [0.1, 0.15) is 5.82 Å². The molecule has 1 fully saturated rings. The molecule has 5 nitrogen and oxygen atoms in total. The summed E-state index contributed by atoms with van der Waals surface area (Å²) in [7, 11) is -2.75. The van der Waals surface area contributed by atoms with Crippen molar-refractivity contribution >= 4 is 27.6 Å². The normalized spacial score (nSPS) is 20.3. The Hall–Kier alpha value is -2.79. The van der Waals surface area contributed by atoms with Crippen LogP contribution in [0.15, 0.2) is 66.7 Å². The van der Waals surface area contributed by atoms with Crippen LogP contribution in [-0.2, 0) is 27.6 Å². The van der Waals surface area contributed by atoms with Crippen molar-refractivity contribution in [3.8, 4) is 11.1 Å². The largest absolute Gasteiger partial charge is 0.416 e. The molecule has 4 rings (SSSR count). The number of hydrogen-bond donors (Lipinski definition) is 1. The summed E-state index contributed by atoms with van der Waals surface area (Å²) in [5.41, 5.74) is 0.948. The molecule has 0 amide bonds. The second-order valence-electron chi connectivity index (χ2n) is 8.54. The van der Waals surface area contributed by atoms with E-state index in [0.717, 1.165) is 22.5 Å². The molecule has 1 N–H and O–H groups in total. The SMILES string of the molecule is CN1C(C(=O)Cc2ccc(F)c(Cl)c2)CC(c2cccc(-c3cccc(C(F)(F)F)c3)c2)NS1(=O)=O. The molecule has 1 heterocycles. The summed E-state index contributed by atoms with van der Waals surface area (Å²) in [6, 6.07) is 13.4. The first-order valence-electron chi connectivity index (χ1n) is 10.8. The standard InChI is InChI=1S/C25H21ClF4N2O3S/c1-32-23(24(33)11-15-8-9-21(27)20(26)10-15)14-22(31-36(32,34)35)18-6-2-4-16(12-18)17-5-3-7-19(13-17)25(28,29)30/h2-10,12-13,22-23,31H,11,14H2,1H3. The minimum absolute atomic E-state index is 0.0928. The molecule has 0 bridgehead atoms. The maximum absolute atomic E-state index is 13.5. The minimum atomic E-state index is -4.50. The zero-order valence-corrected chi connectivity index (χ0v) is 20.5. The van der Waals surface area contributed by atoms with Gasteiger partial charge in [0.15, 0.2) is 5.78 Å². The van der Waals surface area contributed by atoms with Crippen molar-refractivity contribution in [2.75, 3.05) is 7.05 Å². The first-order valence-corrected chi connectivity index (χ1v) is 12.7. The van der Waals surface area contributed by atoms with Gasteiger partial charge >= 0.3 is 6.18 Å². The van der Waals surface area contributed by atoms with Crippen molar-refractivity contribution in [3.05, 3.63) is 94.3 Å². The second kappa shape index (κ2) is 9.93. The molecule has 36 heavy (non-hydrogen) atoms. The molecule has 1 aliphatic heterocycles. The van der Waals surface area contributed by atoms with Gasteiger partial charge in [-0.25, -0.2) is 4.39 Å². The molecule has 0 aliphatic carbocycles. The van der Waals surface area contributed by atoms with Gasteiger partial charge in [0.25, 0.3) is 10.2 Å². The zero-order valence-electron chi connectivity index (χ0n) is 18.9. The minimum Gasteiger partial charge on any atom is -0.298 e. The van der Waals surface area contributed by atoms with E-state index in [9.17, 15) is 30.8 Å². The molecule has 2 unspecified atom stereocenters. The van der Waals surface area contributed by atoms with E-state index in [0.29, 0.717) is 22.3 Å². The number of benzene rings is 3. The highest BCUT2D eigenvalue weighted by Gasteiger charge is 2.40. The predicted octanol–water partition coefficient (Wildman–Crippen LogP) is 5.56. The maximum atomic E-state index is 13.5. The Morgan fingerprint density at radius 3 is 2.39 bits per heavy atom. The Morgan fingerprint density at radius 2 is 1.72 bits per heavy atom. The van der Waals surface area contributed by atoms with Crippen molar-refractivity contribution in [1.29, 1.82) is 0 Å². The van der Waals surface area contributed by atoms with E-state index in [-0.39, 0.29) is 17.9 Å². The summed E-state index contributed by atoms with van der Waals surface area (Å²) in [6.45, 7) is 0. The Labute approximate surface area is 210 Å². The molecule has 1 saturated heterocycles. The van der Waals surface area contributed by atoms with Crippen LogP contribution in [0.4, 0.5) is 17.6 Å². The van der Waals surface area contributed by atoms with E-state index >= 15 is 0 Å². The molecular formula is C25H21ClF4N2O3S. The molecule has 0 aromatic heterocycles. The van der Waals surface area contributed by atoms with E-state index in [1.165, 1.54) is 31.3 Å². The summed E-state index contributed by atoms with van der Waals surface area (Å²) in [5, 5.41) is -0.143. The van der Waals surface area contributed by atoms with Crippen LogP contribution in [-0.4, -0.2) is 31.6 Å². The average Bonchev–Trinajstić information content (AvgIpc) is 2.82. The Balaban J connectivity index is 1.61. The molecule has 3 aromatic carbocycles. The van der Waals surface area contributed by atoms with Crippen LogP contribution in [0.25, 0.3) is 11.1 Å². The number of nitrogens with one attached hydrogen (secondary N) is 1. The summed E-state index contributed by atoms with van der Waals surface area (Å²) >= 11 is 5.80. The van der Waals surface area contributed by atoms with Gasteiger partial charge in [0.2, 0.25) is 0 Å². The number of nitrogens with zero attached hydrogens (tertiary/aromatic N) is 1. The monoisotopic (exact) mass is 540 g/mol. The van der Waals surface area contributed by atoms with Crippen molar-refractivity contribution in [1.82, 2.24) is 9.03 Å². The van der Waals surface area contributed by atoms with Gasteiger partial charge in [-0.05, 0) is 59.0 Å². The van der Waals surface area contributed by atoms with Crippen LogP contribution in [0.2, 0.25) is 5.02 Å². The lowest BCUT2D eigenvalue weighted by molar-refractivity contribution is -0.137. The Morgan fingerprint density at radius 1 is 1.06 bits per heavy atom. The topological polar surface area (TPSA) is 66.5 Å². The van der Waals surface area contributed by atoms with E-state index < -0.39 is 45.6 Å². The number of alkyl halides is 3. The van der Waals surface area contributed by atoms with Crippen LogP contribution < -0.4 is 4.72 Å². The average molecular weight is 541 g/mol. The van der Waals surface area contributed by atoms with E-state index in [4.69, 9.17) is 11.6 Å². The number of rotatable bonds is 5. The maximum Gasteiger partial charge on any atom is 0.416 e. The lowest BCUT2D eigenvalue weighted by Gasteiger charge is -2.36. The lowest BCUT2D eigenvalue weighted by Crippen LogP contribution is -2.55. The third-order valence-corrected chi connectivity index (χ3v) is 8.00. The van der Waals surface area contributed by atoms with Gasteiger partial charge in [0.05, 0.1) is 16.6 Å². The summed E-state index contributed by atoms with van der Waals surface area (Å²) < 4.78 is 82.0. The fourth-order valence-electron chi connectivity index (χ4n) is 4.17. The van der Waals surface area contributed by atoms with Crippen LogP contribution >= 0.6 is 11.6 Å². The number of hydrogen-bond acceptors (Lipinski definition) is 3. The molecule has 11 heteroatoms. The second-order valence-corrected chi connectivity index (χ2v) is 10.7. The number of likely N-dealkylation sites (N-methyl/N-ethyl adjacent to an activating group) is 1. The summed E-state index contributed by atoms with van der Waals surface area (Å²) in [4.78, 5) is 13.1. The van der Waals surface area contributed by atoms with Crippen LogP contribution in [0.5, 0.6) is 0 Å². The van der Waals surface area contributed by atoms with Gasteiger partial charge < -0.3 is 0 Å². The van der Waals surface area contributed by atoms with Crippen LogP contribution in [0.3, 0.4) is 0 Å². The fraction of sp³-hybridized carbons (Fsp3) is 0.240. The molecule has 1 aliphatic rings. The molecule has 3 aromatic rings. The predicted molar refractivity (Wildman–Crippen MR) is 128 cm³/mol. The van der Waals surface area contributed by atoms with Crippen molar-refractivity contribution < 1.29 is 30.8 Å². The van der Waals surface area contributed by atoms with E-state index in [1.54, 1.807) is 24.3 Å². The third kappa shape index (κ3) is 5.62.